The normalized spacial score (nSPS) is 15.2. The van der Waals surface area contributed by atoms with Gasteiger partial charge in [0.15, 0.2) is 5.16 Å². The fourth-order valence-corrected chi connectivity index (χ4v) is 5.15. The van der Waals surface area contributed by atoms with Gasteiger partial charge in [-0.15, -0.1) is 0 Å². The van der Waals surface area contributed by atoms with E-state index in [0.29, 0.717) is 41.3 Å². The third-order valence-electron chi connectivity index (χ3n) is 6.34. The van der Waals surface area contributed by atoms with Crippen molar-refractivity contribution in [2.75, 3.05) is 32.0 Å². The van der Waals surface area contributed by atoms with Crippen LogP contribution in [0.5, 0.6) is 0 Å². The molecule has 1 N–H and O–H groups in total. The molecule has 0 saturated carbocycles. The predicted octanol–water partition coefficient (Wildman–Crippen LogP) is 3.31. The molecule has 2 heterocycles. The summed E-state index contributed by atoms with van der Waals surface area (Å²) in [7, 11) is 0. The lowest BCUT2D eigenvalue weighted by molar-refractivity contribution is -0.127. The number of aromatic nitrogens is 2. The fraction of sp³-hybridized carbons (Fsp3) is 0.407. The summed E-state index contributed by atoms with van der Waals surface area (Å²) in [4.78, 5) is 44.9. The number of carbonyl (C=O) groups excluding carboxylic acids is 2. The summed E-state index contributed by atoms with van der Waals surface area (Å²) in [5.41, 5.74) is 1.87. The molecule has 3 aromatic rings. The second-order valence-electron chi connectivity index (χ2n) is 8.70. The topological polar surface area (TPSA) is 93.5 Å². The molecular weight excluding hydrogens is 476 g/mol. The highest BCUT2D eigenvalue weighted by Gasteiger charge is 2.18. The number of fused-ring (bicyclic) bond motifs is 1. The fourth-order valence-electron chi connectivity index (χ4n) is 4.25. The maximum absolute atomic E-state index is 13.4. The first-order valence-electron chi connectivity index (χ1n) is 12.4. The highest BCUT2D eigenvalue weighted by atomic mass is 32.2. The second-order valence-corrected chi connectivity index (χ2v) is 9.64. The monoisotopic (exact) mass is 508 g/mol. The molecule has 0 radical (unpaired) electrons. The highest BCUT2D eigenvalue weighted by Crippen LogP contribution is 2.20. The molecule has 0 spiro atoms. The van der Waals surface area contributed by atoms with Crippen molar-refractivity contribution in [1.29, 1.82) is 0 Å². The van der Waals surface area contributed by atoms with E-state index in [1.54, 1.807) is 33.7 Å². The van der Waals surface area contributed by atoms with Crippen LogP contribution in [-0.4, -0.2) is 64.4 Å². The van der Waals surface area contributed by atoms with Crippen LogP contribution in [0.15, 0.2) is 58.5 Å². The van der Waals surface area contributed by atoms with Crippen LogP contribution in [0.3, 0.4) is 0 Å². The lowest BCUT2D eigenvalue weighted by Crippen LogP contribution is -2.32. The second kappa shape index (κ2) is 12.2. The minimum absolute atomic E-state index is 0.0114. The van der Waals surface area contributed by atoms with Gasteiger partial charge in [-0.1, -0.05) is 36.0 Å². The molecule has 9 heteroatoms. The molecule has 0 unspecified atom stereocenters. The van der Waals surface area contributed by atoms with E-state index in [0.717, 1.165) is 25.0 Å². The van der Waals surface area contributed by atoms with E-state index in [1.165, 1.54) is 11.8 Å². The van der Waals surface area contributed by atoms with Crippen LogP contribution in [0.2, 0.25) is 0 Å². The van der Waals surface area contributed by atoms with Crippen molar-refractivity contribution in [2.24, 2.45) is 0 Å². The molecule has 1 fully saturated rings. The Hall–Kier alpha value is -3.17. The van der Waals surface area contributed by atoms with E-state index in [9.17, 15) is 14.4 Å². The van der Waals surface area contributed by atoms with Crippen LogP contribution in [0.1, 0.15) is 42.6 Å². The number of ether oxygens (including phenoxy) is 1. The number of nitrogens with zero attached hydrogens (tertiary/aromatic N) is 3. The number of hydrogen-bond acceptors (Lipinski definition) is 6. The Morgan fingerprint density at radius 1 is 1.14 bits per heavy atom. The molecule has 1 saturated heterocycles. The van der Waals surface area contributed by atoms with Gasteiger partial charge < -0.3 is 15.0 Å². The quantitative estimate of drug-likeness (QED) is 0.334. The van der Waals surface area contributed by atoms with Crippen LogP contribution in [0.4, 0.5) is 0 Å². The largest absolute Gasteiger partial charge is 0.376 e. The Morgan fingerprint density at radius 3 is 2.58 bits per heavy atom. The number of amides is 2. The van der Waals surface area contributed by atoms with Crippen molar-refractivity contribution in [3.63, 3.8) is 0 Å². The standard InChI is InChI=1S/C27H32N4O4S/c1-3-30(4-2)24(32)18-36-27-29-23-10-6-5-9-22(23)26(34)31(27)17-19-11-13-20(14-12-19)25(33)28-16-21-8-7-15-35-21/h5-6,9-14,21H,3-4,7-8,15-18H2,1-2H3,(H,28,33)/t21-/m0/s1. The number of thioether (sulfide) groups is 1. The SMILES string of the molecule is CCN(CC)C(=O)CSc1nc2ccccc2c(=O)n1Cc1ccc(C(=O)NC[C@@H]2CCCO2)cc1. The van der Waals surface area contributed by atoms with Crippen LogP contribution >= 0.6 is 11.8 Å². The van der Waals surface area contributed by atoms with Gasteiger partial charge in [0.25, 0.3) is 11.5 Å². The van der Waals surface area contributed by atoms with Crippen LogP contribution in [0.25, 0.3) is 10.9 Å². The smallest absolute Gasteiger partial charge is 0.262 e. The Morgan fingerprint density at radius 2 is 1.89 bits per heavy atom. The number of carbonyl (C=O) groups is 2. The van der Waals surface area contributed by atoms with Crippen molar-refractivity contribution in [1.82, 2.24) is 19.8 Å². The Balaban J connectivity index is 1.52. The van der Waals surface area contributed by atoms with Gasteiger partial charge in [0.2, 0.25) is 5.91 Å². The van der Waals surface area contributed by atoms with Gasteiger partial charge in [-0.3, -0.25) is 19.0 Å². The summed E-state index contributed by atoms with van der Waals surface area (Å²) in [6.45, 7) is 6.72. The van der Waals surface area contributed by atoms with Crippen molar-refractivity contribution >= 4 is 34.5 Å². The lowest BCUT2D eigenvalue weighted by Gasteiger charge is -2.19. The summed E-state index contributed by atoms with van der Waals surface area (Å²) in [5, 5.41) is 3.95. The van der Waals surface area contributed by atoms with E-state index in [-0.39, 0.29) is 35.8 Å². The minimum Gasteiger partial charge on any atom is -0.376 e. The van der Waals surface area contributed by atoms with Gasteiger partial charge in [-0.25, -0.2) is 4.98 Å². The molecule has 190 valence electrons. The summed E-state index contributed by atoms with van der Waals surface area (Å²) in [6, 6.07) is 14.4. The zero-order chi connectivity index (χ0) is 25.5. The van der Waals surface area contributed by atoms with Gasteiger partial charge >= 0.3 is 0 Å². The zero-order valence-corrected chi connectivity index (χ0v) is 21.6. The van der Waals surface area contributed by atoms with E-state index in [1.807, 2.05) is 38.1 Å². The number of para-hydroxylation sites is 1. The average molecular weight is 509 g/mol. The maximum atomic E-state index is 13.4. The Bertz CT molecular complexity index is 1260. The number of nitrogens with one attached hydrogen (secondary N) is 1. The Labute approximate surface area is 215 Å². The molecule has 1 aliphatic heterocycles. The summed E-state index contributed by atoms with van der Waals surface area (Å²) < 4.78 is 7.17. The lowest BCUT2D eigenvalue weighted by atomic mass is 10.1. The van der Waals surface area contributed by atoms with Gasteiger partial charge in [0, 0.05) is 31.8 Å². The first-order valence-corrected chi connectivity index (χ1v) is 13.4. The van der Waals surface area contributed by atoms with Crippen LogP contribution in [0, 0.1) is 0 Å². The number of benzene rings is 2. The number of rotatable bonds is 10. The van der Waals surface area contributed by atoms with Gasteiger partial charge in [-0.05, 0) is 56.5 Å². The van der Waals surface area contributed by atoms with Gasteiger partial charge in [0.05, 0.1) is 29.3 Å². The zero-order valence-electron chi connectivity index (χ0n) is 20.7. The average Bonchev–Trinajstić information content (AvgIpc) is 3.43. The molecule has 0 aliphatic carbocycles. The minimum atomic E-state index is -0.156. The van der Waals surface area contributed by atoms with Gasteiger partial charge in [0.1, 0.15) is 0 Å². The van der Waals surface area contributed by atoms with Crippen molar-refractivity contribution in [3.8, 4) is 0 Å². The first-order chi connectivity index (χ1) is 17.5. The van der Waals surface area contributed by atoms with Crippen LogP contribution in [-0.2, 0) is 16.1 Å². The molecule has 2 amide bonds. The number of hydrogen-bond donors (Lipinski definition) is 1. The first kappa shape index (κ1) is 25.9. The molecule has 2 aromatic carbocycles. The molecule has 4 rings (SSSR count). The van der Waals surface area contributed by atoms with Crippen molar-refractivity contribution < 1.29 is 14.3 Å². The molecule has 1 atom stereocenters. The Kier molecular flexibility index (Phi) is 8.77. The molecule has 1 aromatic heterocycles. The van der Waals surface area contributed by atoms with E-state index in [2.05, 4.69) is 5.32 Å². The van der Waals surface area contributed by atoms with Crippen molar-refractivity contribution in [3.05, 3.63) is 70.0 Å². The molecule has 1 aliphatic rings. The summed E-state index contributed by atoms with van der Waals surface area (Å²) >= 11 is 1.27. The molecular formula is C27H32N4O4S. The summed E-state index contributed by atoms with van der Waals surface area (Å²) in [6.07, 6.45) is 2.08. The highest BCUT2D eigenvalue weighted by molar-refractivity contribution is 7.99. The third-order valence-corrected chi connectivity index (χ3v) is 7.30. The van der Waals surface area contributed by atoms with Crippen molar-refractivity contribution in [2.45, 2.75) is 44.5 Å². The predicted molar refractivity (Wildman–Crippen MR) is 142 cm³/mol. The van der Waals surface area contributed by atoms with E-state index < -0.39 is 0 Å². The maximum Gasteiger partial charge on any atom is 0.262 e. The summed E-state index contributed by atoms with van der Waals surface area (Å²) in [5.74, 6) is 0.0705. The third kappa shape index (κ3) is 6.14. The van der Waals surface area contributed by atoms with Crippen LogP contribution < -0.4 is 10.9 Å². The van der Waals surface area contributed by atoms with Gasteiger partial charge in [-0.2, -0.15) is 0 Å². The molecule has 0 bridgehead atoms. The molecule has 36 heavy (non-hydrogen) atoms. The molecule has 8 nitrogen and oxygen atoms in total. The van der Waals surface area contributed by atoms with E-state index >= 15 is 0 Å². The van der Waals surface area contributed by atoms with E-state index in [4.69, 9.17) is 9.72 Å².